The van der Waals surface area contributed by atoms with Crippen LogP contribution < -0.4 is 11.1 Å². The molecule has 0 spiro atoms. The minimum atomic E-state index is -0.257. The zero-order valence-electron chi connectivity index (χ0n) is 11.3. The summed E-state index contributed by atoms with van der Waals surface area (Å²) in [4.78, 5) is 0. The lowest BCUT2D eigenvalue weighted by molar-refractivity contribution is 0.471. The summed E-state index contributed by atoms with van der Waals surface area (Å²) in [6.07, 6.45) is 0. The summed E-state index contributed by atoms with van der Waals surface area (Å²) in [7, 11) is 0. The van der Waals surface area contributed by atoms with Crippen LogP contribution in [-0.2, 0) is 0 Å². The highest BCUT2D eigenvalue weighted by Crippen LogP contribution is 2.26. The van der Waals surface area contributed by atoms with Crippen molar-refractivity contribution in [2.45, 2.75) is 19.0 Å². The second-order valence-electron chi connectivity index (χ2n) is 4.75. The molecule has 106 valence electrons. The molecule has 20 heavy (non-hydrogen) atoms. The first-order chi connectivity index (χ1) is 9.61. The minimum absolute atomic E-state index is 0.0276. The molecule has 2 unspecified atom stereocenters. The second-order valence-corrected chi connectivity index (χ2v) is 5.61. The standard InChI is InChI=1S/C16H18BrFN2/c1-11(12-5-3-2-4-6-12)20-16(10-19)14-8-7-13(18)9-15(14)17/h2-9,11,16,20H,10,19H2,1H3. The Morgan fingerprint density at radius 3 is 2.50 bits per heavy atom. The van der Waals surface area contributed by atoms with Crippen molar-refractivity contribution in [3.05, 3.63) is 69.9 Å². The van der Waals surface area contributed by atoms with Gasteiger partial charge in [-0.2, -0.15) is 0 Å². The van der Waals surface area contributed by atoms with E-state index in [1.54, 1.807) is 6.07 Å². The molecule has 0 fully saturated rings. The summed E-state index contributed by atoms with van der Waals surface area (Å²) in [5.41, 5.74) is 8.03. The van der Waals surface area contributed by atoms with E-state index in [0.717, 1.165) is 10.0 Å². The van der Waals surface area contributed by atoms with Gasteiger partial charge < -0.3 is 11.1 Å². The Labute approximate surface area is 127 Å². The summed E-state index contributed by atoms with van der Waals surface area (Å²) < 4.78 is 13.9. The third-order valence-corrected chi connectivity index (χ3v) is 4.01. The van der Waals surface area contributed by atoms with Gasteiger partial charge in [0.25, 0.3) is 0 Å². The average molecular weight is 337 g/mol. The van der Waals surface area contributed by atoms with Crippen LogP contribution in [0, 0.1) is 5.82 Å². The molecule has 2 rings (SSSR count). The zero-order valence-corrected chi connectivity index (χ0v) is 12.9. The van der Waals surface area contributed by atoms with E-state index in [0.29, 0.717) is 6.54 Å². The molecule has 3 N–H and O–H groups in total. The maximum absolute atomic E-state index is 13.2. The smallest absolute Gasteiger partial charge is 0.124 e. The molecule has 0 radical (unpaired) electrons. The molecule has 0 saturated carbocycles. The van der Waals surface area contributed by atoms with Crippen LogP contribution in [0.1, 0.15) is 30.1 Å². The molecule has 0 bridgehead atoms. The highest BCUT2D eigenvalue weighted by Gasteiger charge is 2.16. The van der Waals surface area contributed by atoms with E-state index in [4.69, 9.17) is 5.73 Å². The molecular formula is C16H18BrFN2. The topological polar surface area (TPSA) is 38.0 Å². The number of benzene rings is 2. The van der Waals surface area contributed by atoms with E-state index in [-0.39, 0.29) is 17.9 Å². The molecule has 0 heterocycles. The van der Waals surface area contributed by atoms with Gasteiger partial charge in [-0.05, 0) is 30.2 Å². The van der Waals surface area contributed by atoms with Gasteiger partial charge in [0.2, 0.25) is 0 Å². The molecule has 0 aliphatic heterocycles. The van der Waals surface area contributed by atoms with Gasteiger partial charge in [-0.15, -0.1) is 0 Å². The second kappa shape index (κ2) is 6.97. The predicted octanol–water partition coefficient (Wildman–Crippen LogP) is 3.94. The molecule has 0 aliphatic carbocycles. The van der Waals surface area contributed by atoms with Gasteiger partial charge in [0.15, 0.2) is 0 Å². The lowest BCUT2D eigenvalue weighted by Gasteiger charge is -2.24. The molecule has 4 heteroatoms. The SMILES string of the molecule is CC(NC(CN)c1ccc(F)cc1Br)c1ccccc1. The third kappa shape index (κ3) is 3.66. The van der Waals surface area contributed by atoms with Crippen molar-refractivity contribution in [3.8, 4) is 0 Å². The van der Waals surface area contributed by atoms with Crippen molar-refractivity contribution in [1.82, 2.24) is 5.32 Å². The van der Waals surface area contributed by atoms with Crippen LogP contribution in [0.3, 0.4) is 0 Å². The van der Waals surface area contributed by atoms with Gasteiger partial charge in [0.1, 0.15) is 5.82 Å². The van der Waals surface area contributed by atoms with Crippen LogP contribution in [0.5, 0.6) is 0 Å². The number of rotatable bonds is 5. The van der Waals surface area contributed by atoms with Crippen molar-refractivity contribution in [2.75, 3.05) is 6.54 Å². The Bertz CT molecular complexity index is 560. The largest absolute Gasteiger partial charge is 0.329 e. The molecule has 0 aliphatic rings. The lowest BCUT2D eigenvalue weighted by Crippen LogP contribution is -2.30. The maximum atomic E-state index is 13.2. The number of nitrogens with two attached hydrogens (primary N) is 1. The van der Waals surface area contributed by atoms with Gasteiger partial charge in [-0.1, -0.05) is 52.3 Å². The van der Waals surface area contributed by atoms with E-state index in [9.17, 15) is 4.39 Å². The van der Waals surface area contributed by atoms with Crippen LogP contribution in [0.15, 0.2) is 53.0 Å². The van der Waals surface area contributed by atoms with Crippen molar-refractivity contribution >= 4 is 15.9 Å². The van der Waals surface area contributed by atoms with Crippen LogP contribution in [-0.4, -0.2) is 6.54 Å². The van der Waals surface area contributed by atoms with E-state index in [2.05, 4.69) is 40.3 Å². The molecule has 2 atom stereocenters. The van der Waals surface area contributed by atoms with Gasteiger partial charge in [-0.25, -0.2) is 4.39 Å². The van der Waals surface area contributed by atoms with Gasteiger partial charge >= 0.3 is 0 Å². The van der Waals surface area contributed by atoms with Crippen LogP contribution in [0.2, 0.25) is 0 Å². The fourth-order valence-electron chi connectivity index (χ4n) is 2.21. The summed E-state index contributed by atoms with van der Waals surface area (Å²) in [5, 5.41) is 3.48. The Hall–Kier alpha value is -1.23. The fraction of sp³-hybridized carbons (Fsp3) is 0.250. The first-order valence-corrected chi connectivity index (χ1v) is 7.37. The summed E-state index contributed by atoms with van der Waals surface area (Å²) in [6, 6.07) is 15.0. The van der Waals surface area contributed by atoms with Crippen molar-refractivity contribution in [1.29, 1.82) is 0 Å². The summed E-state index contributed by atoms with van der Waals surface area (Å²) in [5.74, 6) is -0.257. The van der Waals surface area contributed by atoms with E-state index >= 15 is 0 Å². The minimum Gasteiger partial charge on any atom is -0.329 e. The maximum Gasteiger partial charge on any atom is 0.124 e. The first-order valence-electron chi connectivity index (χ1n) is 6.58. The molecule has 2 aromatic carbocycles. The number of nitrogens with one attached hydrogen (secondary N) is 1. The Kier molecular flexibility index (Phi) is 5.29. The molecule has 2 aromatic rings. The van der Waals surface area contributed by atoms with Gasteiger partial charge in [-0.3, -0.25) is 0 Å². The van der Waals surface area contributed by atoms with E-state index in [1.165, 1.54) is 17.7 Å². The fourth-order valence-corrected chi connectivity index (χ4v) is 2.84. The number of halogens is 2. The Morgan fingerprint density at radius 2 is 1.90 bits per heavy atom. The summed E-state index contributed by atoms with van der Waals surface area (Å²) >= 11 is 3.40. The van der Waals surface area contributed by atoms with Crippen molar-refractivity contribution in [2.24, 2.45) is 5.73 Å². The Balaban J connectivity index is 2.17. The van der Waals surface area contributed by atoms with Crippen LogP contribution in [0.4, 0.5) is 4.39 Å². The first kappa shape index (κ1) is 15.2. The number of hydrogen-bond acceptors (Lipinski definition) is 2. The average Bonchev–Trinajstić information content (AvgIpc) is 2.46. The van der Waals surface area contributed by atoms with Crippen LogP contribution in [0.25, 0.3) is 0 Å². The zero-order chi connectivity index (χ0) is 14.5. The number of hydrogen-bond donors (Lipinski definition) is 2. The molecule has 0 saturated heterocycles. The molecule has 2 nitrogen and oxygen atoms in total. The molecular weight excluding hydrogens is 319 g/mol. The van der Waals surface area contributed by atoms with Gasteiger partial charge in [0.05, 0.1) is 0 Å². The van der Waals surface area contributed by atoms with Crippen LogP contribution >= 0.6 is 15.9 Å². The highest BCUT2D eigenvalue weighted by molar-refractivity contribution is 9.10. The quantitative estimate of drug-likeness (QED) is 0.867. The van der Waals surface area contributed by atoms with E-state index in [1.807, 2.05) is 18.2 Å². The van der Waals surface area contributed by atoms with Crippen molar-refractivity contribution in [3.63, 3.8) is 0 Å². The molecule has 0 aromatic heterocycles. The Morgan fingerprint density at radius 1 is 1.20 bits per heavy atom. The monoisotopic (exact) mass is 336 g/mol. The third-order valence-electron chi connectivity index (χ3n) is 3.32. The molecule has 0 amide bonds. The van der Waals surface area contributed by atoms with Crippen molar-refractivity contribution < 1.29 is 4.39 Å². The highest BCUT2D eigenvalue weighted by atomic mass is 79.9. The summed E-state index contributed by atoms with van der Waals surface area (Å²) in [6.45, 7) is 2.54. The van der Waals surface area contributed by atoms with E-state index < -0.39 is 0 Å². The van der Waals surface area contributed by atoms with Gasteiger partial charge in [0, 0.05) is 23.1 Å². The lowest BCUT2D eigenvalue weighted by atomic mass is 10.0. The predicted molar refractivity (Wildman–Crippen MR) is 83.9 cm³/mol. The normalized spacial score (nSPS) is 14.0.